The lowest BCUT2D eigenvalue weighted by atomic mass is 10.1. The maximum atomic E-state index is 11.6. The van der Waals surface area contributed by atoms with Crippen LogP contribution in [0.5, 0.6) is 0 Å². The van der Waals surface area contributed by atoms with Crippen molar-refractivity contribution in [2.75, 3.05) is 6.54 Å². The third-order valence-corrected chi connectivity index (χ3v) is 5.33. The molecule has 0 aliphatic carbocycles. The van der Waals surface area contributed by atoms with E-state index in [1.54, 1.807) is 11.3 Å². The number of nitrogens with zero attached hydrogens (tertiary/aromatic N) is 1. The quantitative estimate of drug-likeness (QED) is 0.739. The second-order valence-corrected chi connectivity index (χ2v) is 6.76. The number of carbonyl (C=O) groups is 1. The number of unbranched alkanes of at least 4 members (excludes halogenated alkanes) is 2. The average molecular weight is 326 g/mol. The van der Waals surface area contributed by atoms with Crippen molar-refractivity contribution in [2.24, 2.45) is 0 Å². The smallest absolute Gasteiger partial charge is 0.222 e. The van der Waals surface area contributed by atoms with Crippen LogP contribution >= 0.6 is 11.3 Å². The second-order valence-electron chi connectivity index (χ2n) is 5.81. The molecular formula is C18H31NO2S. The molecule has 4 heteroatoms. The predicted molar refractivity (Wildman–Crippen MR) is 94.2 cm³/mol. The van der Waals surface area contributed by atoms with Crippen molar-refractivity contribution in [2.45, 2.75) is 78.4 Å². The van der Waals surface area contributed by atoms with Crippen LogP contribution in [0.1, 0.15) is 75.8 Å². The molecule has 1 aromatic rings. The number of rotatable bonds is 7. The normalized spacial score (nSPS) is 19.0. The van der Waals surface area contributed by atoms with E-state index < -0.39 is 0 Å². The van der Waals surface area contributed by atoms with Gasteiger partial charge in [0, 0.05) is 23.9 Å². The predicted octanol–water partition coefficient (Wildman–Crippen LogP) is 4.69. The Labute approximate surface area is 139 Å². The van der Waals surface area contributed by atoms with E-state index in [4.69, 9.17) is 0 Å². The van der Waals surface area contributed by atoms with Gasteiger partial charge in [-0.1, -0.05) is 26.7 Å². The van der Waals surface area contributed by atoms with Crippen molar-refractivity contribution < 1.29 is 9.90 Å². The first-order chi connectivity index (χ1) is 10.6. The molecule has 1 N–H and O–H groups in total. The molecule has 1 aliphatic heterocycles. The van der Waals surface area contributed by atoms with Crippen LogP contribution in [-0.4, -0.2) is 28.5 Å². The fourth-order valence-electron chi connectivity index (χ4n) is 2.88. The Bertz CT molecular complexity index is 444. The number of carbonyl (C=O) groups excluding carboxylic acids is 1. The summed E-state index contributed by atoms with van der Waals surface area (Å²) < 4.78 is 0. The zero-order chi connectivity index (χ0) is 16.5. The molecule has 0 radical (unpaired) electrons. The molecule has 0 bridgehead atoms. The van der Waals surface area contributed by atoms with Crippen molar-refractivity contribution in [3.05, 3.63) is 21.9 Å². The van der Waals surface area contributed by atoms with Gasteiger partial charge in [-0.25, -0.2) is 0 Å². The van der Waals surface area contributed by atoms with Crippen LogP contribution in [0.25, 0.3) is 0 Å². The fourth-order valence-corrected chi connectivity index (χ4v) is 3.82. The minimum Gasteiger partial charge on any atom is -0.388 e. The van der Waals surface area contributed by atoms with E-state index in [9.17, 15) is 9.90 Å². The summed E-state index contributed by atoms with van der Waals surface area (Å²) >= 11 is 1.64. The summed E-state index contributed by atoms with van der Waals surface area (Å²) in [5.74, 6) is 0.312. The molecule has 3 nitrogen and oxygen atoms in total. The Morgan fingerprint density at radius 3 is 2.64 bits per heavy atom. The molecule has 1 aliphatic rings. The van der Waals surface area contributed by atoms with Gasteiger partial charge in [0.25, 0.3) is 0 Å². The van der Waals surface area contributed by atoms with Crippen LogP contribution in [0.4, 0.5) is 0 Å². The van der Waals surface area contributed by atoms with Gasteiger partial charge >= 0.3 is 0 Å². The molecule has 2 unspecified atom stereocenters. The summed E-state index contributed by atoms with van der Waals surface area (Å²) in [6, 6.07) is 2.48. The molecule has 126 valence electrons. The van der Waals surface area contributed by atoms with E-state index in [0.717, 1.165) is 49.9 Å². The first kappa shape index (κ1) is 19.2. The summed E-state index contributed by atoms with van der Waals surface area (Å²) in [4.78, 5) is 14.8. The standard InChI is InChI=1S/C16H25NO2S.C2H6/c1-12-9-11-20-16(12)14(18)6-4-3-5-10-17-13(2)7-8-15(17)19;1-2/h9,11,13-14,18H,3-8,10H2,1-2H3;1-2H3. The Hall–Kier alpha value is -0.870. The summed E-state index contributed by atoms with van der Waals surface area (Å²) in [5, 5.41) is 12.2. The minimum absolute atomic E-state index is 0.312. The maximum absolute atomic E-state index is 11.6. The van der Waals surface area contributed by atoms with E-state index in [2.05, 4.69) is 19.9 Å². The van der Waals surface area contributed by atoms with Crippen LogP contribution in [0.15, 0.2) is 11.4 Å². The van der Waals surface area contributed by atoms with Gasteiger partial charge in [0.05, 0.1) is 6.10 Å². The number of aliphatic hydroxyl groups excluding tert-OH is 1. The number of aliphatic hydroxyl groups is 1. The lowest BCUT2D eigenvalue weighted by Crippen LogP contribution is -2.31. The van der Waals surface area contributed by atoms with Crippen molar-refractivity contribution in [1.29, 1.82) is 0 Å². The van der Waals surface area contributed by atoms with Crippen molar-refractivity contribution in [3.63, 3.8) is 0 Å². The lowest BCUT2D eigenvalue weighted by molar-refractivity contribution is -0.128. The highest BCUT2D eigenvalue weighted by Crippen LogP contribution is 2.27. The number of amides is 1. The van der Waals surface area contributed by atoms with Crippen LogP contribution in [0.3, 0.4) is 0 Å². The first-order valence-corrected chi connectivity index (χ1v) is 9.49. The number of aryl methyl sites for hydroxylation is 1. The average Bonchev–Trinajstić information content (AvgIpc) is 3.08. The van der Waals surface area contributed by atoms with Gasteiger partial charge in [0.2, 0.25) is 5.91 Å². The van der Waals surface area contributed by atoms with Crippen molar-refractivity contribution >= 4 is 17.2 Å². The molecule has 1 fully saturated rings. The molecule has 2 heterocycles. The molecule has 2 atom stereocenters. The number of likely N-dealkylation sites (tertiary alicyclic amines) is 1. The number of thiophene rings is 1. The van der Waals surface area contributed by atoms with Crippen LogP contribution in [-0.2, 0) is 4.79 Å². The summed E-state index contributed by atoms with van der Waals surface area (Å²) in [6.07, 6.45) is 5.39. The minimum atomic E-state index is -0.317. The van der Waals surface area contributed by atoms with Gasteiger partial charge in [-0.2, -0.15) is 0 Å². The van der Waals surface area contributed by atoms with E-state index in [1.807, 2.05) is 24.1 Å². The zero-order valence-electron chi connectivity index (χ0n) is 14.5. The Morgan fingerprint density at radius 2 is 2.09 bits per heavy atom. The molecule has 22 heavy (non-hydrogen) atoms. The maximum Gasteiger partial charge on any atom is 0.222 e. The van der Waals surface area contributed by atoms with Crippen molar-refractivity contribution in [1.82, 2.24) is 4.90 Å². The molecule has 1 aromatic heterocycles. The van der Waals surface area contributed by atoms with Gasteiger partial charge in [-0.05, 0) is 50.1 Å². The second kappa shape index (κ2) is 10.0. The summed E-state index contributed by atoms with van der Waals surface area (Å²) in [5.41, 5.74) is 1.19. The number of hydrogen-bond donors (Lipinski definition) is 1. The first-order valence-electron chi connectivity index (χ1n) is 8.61. The molecular weight excluding hydrogens is 294 g/mol. The van der Waals surface area contributed by atoms with E-state index >= 15 is 0 Å². The Balaban J connectivity index is 0.00000116. The molecule has 0 aromatic carbocycles. The van der Waals surface area contributed by atoms with Crippen LogP contribution in [0, 0.1) is 6.92 Å². The fraction of sp³-hybridized carbons (Fsp3) is 0.722. The summed E-state index contributed by atoms with van der Waals surface area (Å²) in [6.45, 7) is 9.07. The largest absolute Gasteiger partial charge is 0.388 e. The third-order valence-electron chi connectivity index (χ3n) is 4.21. The van der Waals surface area contributed by atoms with E-state index in [0.29, 0.717) is 11.9 Å². The van der Waals surface area contributed by atoms with Gasteiger partial charge in [0.15, 0.2) is 0 Å². The van der Waals surface area contributed by atoms with E-state index in [-0.39, 0.29) is 6.10 Å². The highest BCUT2D eigenvalue weighted by Gasteiger charge is 2.26. The summed E-state index contributed by atoms with van der Waals surface area (Å²) in [7, 11) is 0. The Kier molecular flexibility index (Phi) is 8.72. The monoisotopic (exact) mass is 325 g/mol. The number of hydrogen-bond acceptors (Lipinski definition) is 3. The highest BCUT2D eigenvalue weighted by molar-refractivity contribution is 7.10. The van der Waals surface area contributed by atoms with Crippen LogP contribution in [0.2, 0.25) is 0 Å². The molecule has 0 saturated carbocycles. The molecule has 2 rings (SSSR count). The lowest BCUT2D eigenvalue weighted by Gasteiger charge is -2.21. The van der Waals surface area contributed by atoms with Crippen LogP contribution < -0.4 is 0 Å². The van der Waals surface area contributed by atoms with E-state index in [1.165, 1.54) is 5.56 Å². The molecule has 1 amide bonds. The van der Waals surface area contributed by atoms with Gasteiger partial charge in [0.1, 0.15) is 0 Å². The SMILES string of the molecule is CC.Cc1ccsc1C(O)CCCCCN1C(=O)CCC1C. The molecule has 1 saturated heterocycles. The van der Waals surface area contributed by atoms with Gasteiger partial charge in [-0.15, -0.1) is 11.3 Å². The highest BCUT2D eigenvalue weighted by atomic mass is 32.1. The third kappa shape index (κ3) is 5.40. The van der Waals surface area contributed by atoms with Gasteiger partial charge in [-0.3, -0.25) is 4.79 Å². The van der Waals surface area contributed by atoms with Gasteiger partial charge < -0.3 is 10.0 Å². The Morgan fingerprint density at radius 1 is 1.36 bits per heavy atom. The molecule has 0 spiro atoms. The zero-order valence-corrected chi connectivity index (χ0v) is 15.3. The topological polar surface area (TPSA) is 40.5 Å². The van der Waals surface area contributed by atoms with Crippen molar-refractivity contribution in [3.8, 4) is 0 Å².